The summed E-state index contributed by atoms with van der Waals surface area (Å²) in [7, 11) is 0. The molecule has 98 valence electrons. The number of hydrogen-bond acceptors (Lipinski definition) is 5. The molecular weight excluding hydrogens is 300 g/mol. The molecule has 1 saturated carbocycles. The first kappa shape index (κ1) is 12.1. The molecular formula is C11H15BrN4O2. The van der Waals surface area contributed by atoms with Crippen LogP contribution in [0.4, 0.5) is 5.69 Å². The summed E-state index contributed by atoms with van der Waals surface area (Å²) in [5.74, 6) is 1.36. The third kappa shape index (κ3) is 1.96. The van der Waals surface area contributed by atoms with Gasteiger partial charge in [-0.25, -0.2) is 4.68 Å². The number of aliphatic hydroxyl groups excluding tert-OH is 1. The van der Waals surface area contributed by atoms with Gasteiger partial charge in [-0.15, -0.1) is 0 Å². The van der Waals surface area contributed by atoms with E-state index in [1.807, 2.05) is 0 Å². The maximum absolute atomic E-state index is 11.9. The molecule has 2 heterocycles. The highest BCUT2D eigenvalue weighted by Gasteiger charge is 2.53. The molecule has 3 rings (SSSR count). The highest BCUT2D eigenvalue weighted by Crippen LogP contribution is 2.44. The van der Waals surface area contributed by atoms with Crippen LogP contribution in [0, 0.1) is 11.8 Å². The minimum atomic E-state index is -0.210. The van der Waals surface area contributed by atoms with Crippen LogP contribution in [0.15, 0.2) is 15.5 Å². The molecule has 3 N–H and O–H groups in total. The molecule has 1 aromatic heterocycles. The maximum Gasteiger partial charge on any atom is 0.283 e. The summed E-state index contributed by atoms with van der Waals surface area (Å²) in [4.78, 5) is 11.9. The van der Waals surface area contributed by atoms with Crippen molar-refractivity contribution in [2.75, 3.05) is 25.0 Å². The lowest BCUT2D eigenvalue weighted by atomic mass is 10.4. The van der Waals surface area contributed by atoms with Gasteiger partial charge in [0.15, 0.2) is 0 Å². The van der Waals surface area contributed by atoms with Crippen molar-refractivity contribution >= 4 is 21.6 Å². The number of fused-ring (bicyclic) bond motifs is 1. The Labute approximate surface area is 113 Å². The Kier molecular flexibility index (Phi) is 3.13. The van der Waals surface area contributed by atoms with Crippen LogP contribution in [-0.4, -0.2) is 40.6 Å². The number of rotatable bonds is 4. The molecule has 0 amide bonds. The Balaban J connectivity index is 1.77. The fourth-order valence-electron chi connectivity index (χ4n) is 2.63. The van der Waals surface area contributed by atoms with Gasteiger partial charge in [0.05, 0.1) is 25.0 Å². The lowest BCUT2D eigenvalue weighted by molar-refractivity contribution is 0.266. The first-order valence-electron chi connectivity index (χ1n) is 6.06. The van der Waals surface area contributed by atoms with Crippen molar-refractivity contribution in [1.82, 2.24) is 15.1 Å². The normalized spacial score (nSPS) is 29.1. The predicted molar refractivity (Wildman–Crippen MR) is 70.5 cm³/mol. The van der Waals surface area contributed by atoms with Gasteiger partial charge in [-0.3, -0.25) is 4.79 Å². The molecule has 0 spiro atoms. The molecule has 2 unspecified atom stereocenters. The van der Waals surface area contributed by atoms with Gasteiger partial charge in [0.1, 0.15) is 4.47 Å². The SMILES string of the molecule is O=c1c(Br)c(NC2C3CNCC32)cnn1CCO. The lowest BCUT2D eigenvalue weighted by Gasteiger charge is -2.11. The summed E-state index contributed by atoms with van der Waals surface area (Å²) in [5.41, 5.74) is 0.534. The second-order valence-corrected chi connectivity index (χ2v) is 5.57. The van der Waals surface area contributed by atoms with Crippen molar-refractivity contribution in [3.8, 4) is 0 Å². The van der Waals surface area contributed by atoms with Gasteiger partial charge in [0.2, 0.25) is 0 Å². The molecule has 0 bridgehead atoms. The number of aliphatic hydroxyl groups is 1. The number of piperidine rings is 1. The molecule has 2 fully saturated rings. The van der Waals surface area contributed by atoms with Crippen LogP contribution in [0.1, 0.15) is 0 Å². The van der Waals surface area contributed by atoms with E-state index in [1.54, 1.807) is 6.20 Å². The number of nitrogens with one attached hydrogen (secondary N) is 2. The molecule has 1 aliphatic heterocycles. The zero-order valence-electron chi connectivity index (χ0n) is 9.77. The van der Waals surface area contributed by atoms with E-state index in [0.29, 0.717) is 22.4 Å². The quantitative estimate of drug-likeness (QED) is 0.706. The van der Waals surface area contributed by atoms with E-state index in [0.717, 1.165) is 18.8 Å². The predicted octanol–water partition coefficient (Wildman–Crippen LogP) is -0.372. The Morgan fingerprint density at radius 2 is 2.28 bits per heavy atom. The van der Waals surface area contributed by atoms with Gasteiger partial charge >= 0.3 is 0 Å². The van der Waals surface area contributed by atoms with E-state index in [4.69, 9.17) is 5.11 Å². The largest absolute Gasteiger partial charge is 0.394 e. The van der Waals surface area contributed by atoms with Crippen molar-refractivity contribution in [3.05, 3.63) is 21.0 Å². The highest BCUT2D eigenvalue weighted by molar-refractivity contribution is 9.10. The first-order valence-corrected chi connectivity index (χ1v) is 6.85. The van der Waals surface area contributed by atoms with Crippen LogP contribution in [0.2, 0.25) is 0 Å². The van der Waals surface area contributed by atoms with Crippen molar-refractivity contribution in [2.24, 2.45) is 11.8 Å². The van der Waals surface area contributed by atoms with E-state index in [9.17, 15) is 4.79 Å². The molecule has 1 saturated heterocycles. The molecule has 6 nitrogen and oxygen atoms in total. The zero-order valence-corrected chi connectivity index (χ0v) is 11.4. The zero-order chi connectivity index (χ0) is 12.7. The number of aromatic nitrogens is 2. The van der Waals surface area contributed by atoms with Crippen LogP contribution in [-0.2, 0) is 6.54 Å². The van der Waals surface area contributed by atoms with Gasteiger partial charge in [0.25, 0.3) is 5.56 Å². The van der Waals surface area contributed by atoms with E-state index in [-0.39, 0.29) is 18.7 Å². The third-order valence-corrected chi connectivity index (χ3v) is 4.48. The number of halogens is 1. The molecule has 1 aliphatic carbocycles. The summed E-state index contributed by atoms with van der Waals surface area (Å²) >= 11 is 3.30. The molecule has 2 aliphatic rings. The van der Waals surface area contributed by atoms with E-state index >= 15 is 0 Å². The van der Waals surface area contributed by atoms with Gasteiger partial charge in [0, 0.05) is 19.1 Å². The Morgan fingerprint density at radius 3 is 2.94 bits per heavy atom. The minimum absolute atomic E-state index is 0.0927. The summed E-state index contributed by atoms with van der Waals surface area (Å²) in [6.45, 7) is 2.23. The number of nitrogens with zero attached hydrogens (tertiary/aromatic N) is 2. The molecule has 1 aromatic rings. The lowest BCUT2D eigenvalue weighted by Crippen LogP contribution is -2.27. The Morgan fingerprint density at radius 1 is 1.56 bits per heavy atom. The summed E-state index contributed by atoms with van der Waals surface area (Å²) in [6.07, 6.45) is 1.64. The minimum Gasteiger partial charge on any atom is -0.394 e. The van der Waals surface area contributed by atoms with E-state index in [2.05, 4.69) is 31.7 Å². The monoisotopic (exact) mass is 314 g/mol. The van der Waals surface area contributed by atoms with Gasteiger partial charge in [-0.2, -0.15) is 5.10 Å². The summed E-state index contributed by atoms with van der Waals surface area (Å²) in [6, 6.07) is 0.456. The summed E-state index contributed by atoms with van der Waals surface area (Å²) in [5, 5.41) is 19.6. The molecule has 2 atom stereocenters. The smallest absolute Gasteiger partial charge is 0.283 e. The summed E-state index contributed by atoms with van der Waals surface area (Å²) < 4.78 is 1.74. The van der Waals surface area contributed by atoms with Crippen molar-refractivity contribution in [3.63, 3.8) is 0 Å². The number of anilines is 1. The Bertz CT molecular complexity index is 508. The van der Waals surface area contributed by atoms with Crippen LogP contribution in [0.25, 0.3) is 0 Å². The first-order chi connectivity index (χ1) is 8.72. The molecule has 0 aromatic carbocycles. The standard InChI is InChI=1S/C11H15BrN4O2/c12-9-8(5-14-16(1-2-17)11(9)18)15-10-6-3-13-4-7(6)10/h5-7,10,13,15,17H,1-4H2. The Hall–Kier alpha value is -0.920. The van der Waals surface area contributed by atoms with Gasteiger partial charge < -0.3 is 15.7 Å². The van der Waals surface area contributed by atoms with Crippen LogP contribution < -0.4 is 16.2 Å². The molecule has 0 radical (unpaired) electrons. The van der Waals surface area contributed by atoms with Crippen LogP contribution in [0.3, 0.4) is 0 Å². The average Bonchev–Trinajstić information content (AvgIpc) is 2.81. The average molecular weight is 315 g/mol. The highest BCUT2D eigenvalue weighted by atomic mass is 79.9. The second-order valence-electron chi connectivity index (χ2n) is 4.78. The van der Waals surface area contributed by atoms with Crippen molar-refractivity contribution < 1.29 is 5.11 Å². The third-order valence-electron chi connectivity index (χ3n) is 3.71. The van der Waals surface area contributed by atoms with Crippen LogP contribution >= 0.6 is 15.9 Å². The second kappa shape index (κ2) is 4.64. The number of hydrogen-bond donors (Lipinski definition) is 3. The topological polar surface area (TPSA) is 79.2 Å². The molecule has 7 heteroatoms. The molecule has 18 heavy (non-hydrogen) atoms. The fraction of sp³-hybridized carbons (Fsp3) is 0.636. The van der Waals surface area contributed by atoms with E-state index < -0.39 is 0 Å². The van der Waals surface area contributed by atoms with Crippen molar-refractivity contribution in [2.45, 2.75) is 12.6 Å². The van der Waals surface area contributed by atoms with Crippen LogP contribution in [0.5, 0.6) is 0 Å². The van der Waals surface area contributed by atoms with Gasteiger partial charge in [-0.1, -0.05) is 0 Å². The van der Waals surface area contributed by atoms with Gasteiger partial charge in [-0.05, 0) is 27.8 Å². The van der Waals surface area contributed by atoms with E-state index in [1.165, 1.54) is 4.68 Å². The fourth-order valence-corrected chi connectivity index (χ4v) is 3.05. The van der Waals surface area contributed by atoms with Crippen molar-refractivity contribution in [1.29, 1.82) is 0 Å². The maximum atomic E-state index is 11.9.